The standard InChI is InChI=1S/C22H16ClN3O4/c23-17-4-2-6-19(14-17)25-22(28)16-3-1-5-18(13-16)24-21(27)12-9-15-7-10-20(11-8-15)26(29)30/h1-14H,(H,24,27)(H,25,28)/b12-9+. The maximum absolute atomic E-state index is 12.4. The molecule has 3 aromatic rings. The van der Waals surface area contributed by atoms with Crippen LogP contribution in [-0.2, 0) is 4.79 Å². The second-order valence-electron chi connectivity index (χ2n) is 6.22. The van der Waals surface area contributed by atoms with Crippen LogP contribution in [0.4, 0.5) is 17.1 Å². The molecule has 0 bridgehead atoms. The summed E-state index contributed by atoms with van der Waals surface area (Å²) in [7, 11) is 0. The van der Waals surface area contributed by atoms with Crippen molar-refractivity contribution >= 4 is 46.6 Å². The monoisotopic (exact) mass is 421 g/mol. The molecule has 0 spiro atoms. The summed E-state index contributed by atoms with van der Waals surface area (Å²) in [5.41, 5.74) is 2.00. The van der Waals surface area contributed by atoms with E-state index in [1.165, 1.54) is 24.3 Å². The number of anilines is 2. The van der Waals surface area contributed by atoms with Crippen LogP contribution >= 0.6 is 11.6 Å². The molecule has 0 aliphatic carbocycles. The minimum atomic E-state index is -0.490. The van der Waals surface area contributed by atoms with E-state index >= 15 is 0 Å². The van der Waals surface area contributed by atoms with Gasteiger partial charge >= 0.3 is 0 Å². The third-order valence-electron chi connectivity index (χ3n) is 4.01. The van der Waals surface area contributed by atoms with Gasteiger partial charge in [-0.25, -0.2) is 0 Å². The van der Waals surface area contributed by atoms with Gasteiger partial charge in [0.15, 0.2) is 0 Å². The van der Waals surface area contributed by atoms with Gasteiger partial charge in [0.2, 0.25) is 5.91 Å². The predicted octanol–water partition coefficient (Wildman–Crippen LogP) is 5.15. The number of amides is 2. The lowest BCUT2D eigenvalue weighted by atomic mass is 10.1. The fourth-order valence-corrected chi connectivity index (χ4v) is 2.76. The molecule has 0 saturated heterocycles. The zero-order valence-electron chi connectivity index (χ0n) is 15.5. The van der Waals surface area contributed by atoms with Crippen LogP contribution in [0.2, 0.25) is 5.02 Å². The molecule has 3 rings (SSSR count). The molecule has 7 nitrogen and oxygen atoms in total. The Labute approximate surface area is 177 Å². The molecule has 0 atom stereocenters. The van der Waals surface area contributed by atoms with E-state index in [9.17, 15) is 19.7 Å². The highest BCUT2D eigenvalue weighted by atomic mass is 35.5. The fraction of sp³-hybridized carbons (Fsp3) is 0. The topological polar surface area (TPSA) is 101 Å². The summed E-state index contributed by atoms with van der Waals surface area (Å²) < 4.78 is 0. The third-order valence-corrected chi connectivity index (χ3v) is 4.24. The third kappa shape index (κ3) is 5.76. The second-order valence-corrected chi connectivity index (χ2v) is 6.65. The maximum atomic E-state index is 12.4. The first-order chi connectivity index (χ1) is 14.4. The molecule has 150 valence electrons. The van der Waals surface area contributed by atoms with E-state index in [0.29, 0.717) is 27.5 Å². The molecule has 0 heterocycles. The van der Waals surface area contributed by atoms with Crippen molar-refractivity contribution in [2.45, 2.75) is 0 Å². The Balaban J connectivity index is 1.63. The Kier molecular flexibility index (Phi) is 6.56. The lowest BCUT2D eigenvalue weighted by Gasteiger charge is -2.08. The van der Waals surface area contributed by atoms with Crippen LogP contribution in [0.5, 0.6) is 0 Å². The van der Waals surface area contributed by atoms with E-state index in [-0.39, 0.29) is 11.6 Å². The molecule has 0 unspecified atom stereocenters. The van der Waals surface area contributed by atoms with Crippen molar-refractivity contribution in [3.8, 4) is 0 Å². The zero-order chi connectivity index (χ0) is 21.5. The van der Waals surface area contributed by atoms with Gasteiger partial charge in [-0.1, -0.05) is 23.7 Å². The zero-order valence-corrected chi connectivity index (χ0v) is 16.3. The number of halogens is 1. The van der Waals surface area contributed by atoms with Gasteiger partial charge in [-0.2, -0.15) is 0 Å². The van der Waals surface area contributed by atoms with Crippen LogP contribution in [0.3, 0.4) is 0 Å². The molecular weight excluding hydrogens is 406 g/mol. The van der Waals surface area contributed by atoms with Crippen LogP contribution in [0.15, 0.2) is 78.9 Å². The van der Waals surface area contributed by atoms with Crippen LogP contribution in [-0.4, -0.2) is 16.7 Å². The maximum Gasteiger partial charge on any atom is 0.269 e. The van der Waals surface area contributed by atoms with Crippen molar-refractivity contribution in [1.29, 1.82) is 0 Å². The smallest absolute Gasteiger partial charge is 0.269 e. The number of nitrogens with one attached hydrogen (secondary N) is 2. The predicted molar refractivity (Wildman–Crippen MR) is 117 cm³/mol. The summed E-state index contributed by atoms with van der Waals surface area (Å²) in [6.07, 6.45) is 2.84. The largest absolute Gasteiger partial charge is 0.322 e. The van der Waals surface area contributed by atoms with Gasteiger partial charge in [-0.3, -0.25) is 19.7 Å². The summed E-state index contributed by atoms with van der Waals surface area (Å²) in [5, 5.41) is 16.6. The Morgan fingerprint density at radius 2 is 1.57 bits per heavy atom. The lowest BCUT2D eigenvalue weighted by Crippen LogP contribution is -2.13. The second kappa shape index (κ2) is 9.49. The summed E-state index contributed by atoms with van der Waals surface area (Å²) in [4.78, 5) is 34.7. The molecule has 8 heteroatoms. The SMILES string of the molecule is O=C(/C=C/c1ccc([N+](=O)[O-])cc1)Nc1cccc(C(=O)Nc2cccc(Cl)c2)c1. The molecule has 0 aliphatic rings. The molecule has 2 amide bonds. The highest BCUT2D eigenvalue weighted by molar-refractivity contribution is 6.31. The number of non-ortho nitro benzene ring substituents is 1. The number of carbonyl (C=O) groups is 2. The number of nitro benzene ring substituents is 1. The van der Waals surface area contributed by atoms with Crippen LogP contribution in [0.25, 0.3) is 6.08 Å². The normalized spacial score (nSPS) is 10.6. The van der Waals surface area contributed by atoms with E-state index in [0.717, 1.165) is 0 Å². The number of carbonyl (C=O) groups excluding carboxylic acids is 2. The molecule has 0 saturated carbocycles. The number of nitrogens with zero attached hydrogens (tertiary/aromatic N) is 1. The molecule has 3 aromatic carbocycles. The average molecular weight is 422 g/mol. The first-order valence-electron chi connectivity index (χ1n) is 8.81. The molecular formula is C22H16ClN3O4. The van der Waals surface area contributed by atoms with Crippen LogP contribution in [0, 0.1) is 10.1 Å². The number of nitro groups is 1. The van der Waals surface area contributed by atoms with Crippen LogP contribution in [0.1, 0.15) is 15.9 Å². The van der Waals surface area contributed by atoms with Gasteiger partial charge < -0.3 is 10.6 Å². The quantitative estimate of drug-likeness (QED) is 0.326. The lowest BCUT2D eigenvalue weighted by molar-refractivity contribution is -0.384. The van der Waals surface area contributed by atoms with Gasteiger partial charge in [0.25, 0.3) is 11.6 Å². The highest BCUT2D eigenvalue weighted by Gasteiger charge is 2.08. The number of hydrogen-bond acceptors (Lipinski definition) is 4. The first-order valence-corrected chi connectivity index (χ1v) is 9.19. The van der Waals surface area contributed by atoms with E-state index in [1.807, 2.05) is 0 Å². The Hall–Kier alpha value is -3.97. The fourth-order valence-electron chi connectivity index (χ4n) is 2.57. The molecule has 0 aliphatic heterocycles. The Morgan fingerprint density at radius 3 is 2.23 bits per heavy atom. The van der Waals surface area contributed by atoms with E-state index in [1.54, 1.807) is 60.7 Å². The highest BCUT2D eigenvalue weighted by Crippen LogP contribution is 2.17. The van der Waals surface area contributed by atoms with Gasteiger partial charge in [-0.05, 0) is 60.2 Å². The van der Waals surface area contributed by atoms with Crippen molar-refractivity contribution in [2.24, 2.45) is 0 Å². The van der Waals surface area contributed by atoms with E-state index < -0.39 is 10.8 Å². The van der Waals surface area contributed by atoms with Gasteiger partial charge in [-0.15, -0.1) is 0 Å². The molecule has 2 N–H and O–H groups in total. The molecule has 0 fully saturated rings. The number of rotatable bonds is 6. The summed E-state index contributed by atoms with van der Waals surface area (Å²) in [5.74, 6) is -0.740. The van der Waals surface area contributed by atoms with E-state index in [4.69, 9.17) is 11.6 Å². The minimum Gasteiger partial charge on any atom is -0.322 e. The van der Waals surface area contributed by atoms with Gasteiger partial charge in [0.1, 0.15) is 0 Å². The molecule has 0 radical (unpaired) electrons. The summed E-state index contributed by atoms with van der Waals surface area (Å²) >= 11 is 5.92. The van der Waals surface area contributed by atoms with Crippen molar-refractivity contribution < 1.29 is 14.5 Å². The Bertz CT molecular complexity index is 1130. The van der Waals surface area contributed by atoms with E-state index in [2.05, 4.69) is 10.6 Å². The molecule has 30 heavy (non-hydrogen) atoms. The molecule has 0 aromatic heterocycles. The summed E-state index contributed by atoms with van der Waals surface area (Å²) in [6, 6.07) is 19.1. The van der Waals surface area contributed by atoms with Crippen LogP contribution < -0.4 is 10.6 Å². The summed E-state index contributed by atoms with van der Waals surface area (Å²) in [6.45, 7) is 0. The average Bonchev–Trinajstić information content (AvgIpc) is 2.73. The van der Waals surface area contributed by atoms with Gasteiger partial charge in [0.05, 0.1) is 4.92 Å². The first kappa shape index (κ1) is 20.8. The van der Waals surface area contributed by atoms with Crippen molar-refractivity contribution in [3.63, 3.8) is 0 Å². The number of hydrogen-bond donors (Lipinski definition) is 2. The van der Waals surface area contributed by atoms with Crippen molar-refractivity contribution in [1.82, 2.24) is 0 Å². The minimum absolute atomic E-state index is 0.0236. The van der Waals surface area contributed by atoms with Gasteiger partial charge in [0, 0.05) is 40.2 Å². The van der Waals surface area contributed by atoms with Crippen molar-refractivity contribution in [3.05, 3.63) is 105 Å². The van der Waals surface area contributed by atoms with Crippen molar-refractivity contribution in [2.75, 3.05) is 10.6 Å². The number of benzene rings is 3. The Morgan fingerprint density at radius 1 is 0.900 bits per heavy atom.